The van der Waals surface area contributed by atoms with E-state index in [4.69, 9.17) is 4.74 Å². The van der Waals surface area contributed by atoms with Gasteiger partial charge in [0.05, 0.1) is 13.2 Å². The predicted molar refractivity (Wildman–Crippen MR) is 106 cm³/mol. The first-order valence-corrected chi connectivity index (χ1v) is 9.24. The van der Waals surface area contributed by atoms with E-state index >= 15 is 0 Å². The molecular weight excluding hydrogens is 352 g/mol. The molecule has 28 heavy (non-hydrogen) atoms. The van der Waals surface area contributed by atoms with Gasteiger partial charge in [-0.05, 0) is 29.3 Å². The Morgan fingerprint density at radius 1 is 1.00 bits per heavy atom. The van der Waals surface area contributed by atoms with Gasteiger partial charge < -0.3 is 14.2 Å². The first kappa shape index (κ1) is 18.0. The third-order valence-electron chi connectivity index (χ3n) is 5.38. The number of benzene rings is 2. The van der Waals surface area contributed by atoms with Crippen molar-refractivity contribution in [2.24, 2.45) is 7.05 Å². The minimum absolute atomic E-state index is 0.0780. The number of methoxy groups -OCH3 is 1. The molecule has 0 N–H and O–H groups in total. The molecule has 1 aliphatic rings. The highest BCUT2D eigenvalue weighted by molar-refractivity contribution is 6.00. The zero-order valence-corrected chi connectivity index (χ0v) is 15.9. The largest absolute Gasteiger partial charge is 0.468 e. The number of fused-ring (bicyclic) bond motifs is 1. The van der Waals surface area contributed by atoms with Gasteiger partial charge >= 0.3 is 5.97 Å². The topological polar surface area (TPSA) is 51.5 Å². The van der Waals surface area contributed by atoms with E-state index in [1.54, 1.807) is 11.0 Å². The van der Waals surface area contributed by atoms with Gasteiger partial charge in [-0.15, -0.1) is 0 Å². The molecule has 4 rings (SSSR count). The Kier molecular flexibility index (Phi) is 4.74. The summed E-state index contributed by atoms with van der Waals surface area (Å²) < 4.78 is 7.12. The number of carbonyl (C=O) groups excluding carboxylic acids is 2. The van der Waals surface area contributed by atoms with E-state index in [1.807, 2.05) is 78.5 Å². The van der Waals surface area contributed by atoms with Crippen molar-refractivity contribution in [1.29, 1.82) is 0 Å². The molecule has 3 aromatic rings. The molecule has 0 radical (unpaired) electrons. The number of aryl methyl sites for hydroxylation is 1. The lowest BCUT2D eigenvalue weighted by Gasteiger charge is -2.41. The van der Waals surface area contributed by atoms with Crippen LogP contribution >= 0.6 is 0 Å². The Morgan fingerprint density at radius 2 is 1.71 bits per heavy atom. The molecule has 1 aromatic heterocycles. The van der Waals surface area contributed by atoms with Gasteiger partial charge in [0.25, 0.3) is 5.91 Å². The molecule has 0 bridgehead atoms. The first-order valence-electron chi connectivity index (χ1n) is 9.24. The number of ether oxygens (including phenoxy) is 1. The Morgan fingerprint density at radius 3 is 2.39 bits per heavy atom. The fourth-order valence-electron chi connectivity index (χ4n) is 4.04. The number of esters is 1. The molecule has 1 aliphatic heterocycles. The van der Waals surface area contributed by atoms with Gasteiger partial charge in [-0.2, -0.15) is 0 Å². The molecule has 5 heteroatoms. The number of carbonyl (C=O) groups is 2. The Bertz CT molecular complexity index is 1010. The van der Waals surface area contributed by atoms with Crippen molar-refractivity contribution in [3.05, 3.63) is 95.3 Å². The third-order valence-corrected chi connectivity index (χ3v) is 5.38. The second kappa shape index (κ2) is 7.35. The van der Waals surface area contributed by atoms with Crippen LogP contribution in [0.4, 0.5) is 0 Å². The van der Waals surface area contributed by atoms with Crippen LogP contribution < -0.4 is 0 Å². The van der Waals surface area contributed by atoms with Crippen LogP contribution in [0.3, 0.4) is 0 Å². The molecule has 2 heterocycles. The number of rotatable bonds is 4. The first-order chi connectivity index (χ1) is 13.6. The summed E-state index contributed by atoms with van der Waals surface area (Å²) in [6.45, 7) is 0.414. The van der Waals surface area contributed by atoms with E-state index in [9.17, 15) is 9.59 Å². The van der Waals surface area contributed by atoms with Gasteiger partial charge in [0, 0.05) is 31.0 Å². The Hall–Kier alpha value is -3.34. The van der Waals surface area contributed by atoms with Crippen LogP contribution in [0.2, 0.25) is 0 Å². The van der Waals surface area contributed by atoms with Gasteiger partial charge in [-0.1, -0.05) is 48.5 Å². The molecule has 0 saturated heterocycles. The van der Waals surface area contributed by atoms with Crippen LogP contribution in [-0.2, 0) is 23.1 Å². The maximum Gasteiger partial charge on any atom is 0.315 e. The fraction of sp³-hybridized carbons (Fsp3) is 0.217. The van der Waals surface area contributed by atoms with Crippen LogP contribution in [0.25, 0.3) is 0 Å². The fourth-order valence-corrected chi connectivity index (χ4v) is 4.04. The minimum Gasteiger partial charge on any atom is -0.468 e. The zero-order valence-electron chi connectivity index (χ0n) is 15.9. The zero-order chi connectivity index (χ0) is 19.7. The van der Waals surface area contributed by atoms with Crippen molar-refractivity contribution < 1.29 is 14.3 Å². The lowest BCUT2D eigenvalue weighted by Crippen LogP contribution is -2.45. The summed E-state index contributed by atoms with van der Waals surface area (Å²) in [6, 6.07) is 20.6. The quantitative estimate of drug-likeness (QED) is 0.655. The van der Waals surface area contributed by atoms with Crippen molar-refractivity contribution in [1.82, 2.24) is 9.47 Å². The SMILES string of the molecule is COC(=O)[C@@H]1c2ccccc2C(=O)N(Cc2ccccc2)[C@H]1c1cccn1C. The molecule has 2 aromatic carbocycles. The lowest BCUT2D eigenvalue weighted by atomic mass is 9.81. The molecule has 5 nitrogen and oxygen atoms in total. The van der Waals surface area contributed by atoms with Crippen LogP contribution in [0.1, 0.15) is 39.1 Å². The summed E-state index contributed by atoms with van der Waals surface area (Å²) in [7, 11) is 3.32. The number of hydrogen-bond acceptors (Lipinski definition) is 3. The average molecular weight is 374 g/mol. The molecule has 0 aliphatic carbocycles. The summed E-state index contributed by atoms with van der Waals surface area (Å²) in [6.07, 6.45) is 1.93. The van der Waals surface area contributed by atoms with Crippen LogP contribution in [0, 0.1) is 0 Å². The van der Waals surface area contributed by atoms with Gasteiger partial charge in [-0.25, -0.2) is 0 Å². The van der Waals surface area contributed by atoms with E-state index in [0.717, 1.165) is 16.8 Å². The van der Waals surface area contributed by atoms with Crippen molar-refractivity contribution in [3.8, 4) is 0 Å². The average Bonchev–Trinajstić information content (AvgIpc) is 3.15. The molecule has 142 valence electrons. The molecule has 1 amide bonds. The van der Waals surface area contributed by atoms with Crippen LogP contribution in [-0.4, -0.2) is 28.5 Å². The van der Waals surface area contributed by atoms with Crippen LogP contribution in [0.5, 0.6) is 0 Å². The summed E-state index contributed by atoms with van der Waals surface area (Å²) in [5.74, 6) is -1.01. The van der Waals surface area contributed by atoms with Crippen molar-refractivity contribution in [2.45, 2.75) is 18.5 Å². The van der Waals surface area contributed by atoms with E-state index in [1.165, 1.54) is 7.11 Å². The second-order valence-electron chi connectivity index (χ2n) is 7.00. The molecule has 0 saturated carbocycles. The summed E-state index contributed by atoms with van der Waals surface area (Å²) >= 11 is 0. The highest BCUT2D eigenvalue weighted by Crippen LogP contribution is 2.44. The molecule has 2 atom stereocenters. The lowest BCUT2D eigenvalue weighted by molar-refractivity contribution is -0.144. The Balaban J connectivity index is 1.90. The summed E-state index contributed by atoms with van der Waals surface area (Å²) in [4.78, 5) is 28.1. The summed E-state index contributed by atoms with van der Waals surface area (Å²) in [5, 5.41) is 0. The van der Waals surface area contributed by atoms with E-state index in [-0.39, 0.29) is 11.9 Å². The molecule has 0 spiro atoms. The van der Waals surface area contributed by atoms with Crippen LogP contribution in [0.15, 0.2) is 72.9 Å². The smallest absolute Gasteiger partial charge is 0.315 e. The standard InChI is InChI=1S/C23H22N2O3/c1-24-14-8-13-19(24)21-20(23(27)28-2)17-11-6-7-12-18(17)22(26)25(21)15-16-9-4-3-5-10-16/h3-14,20-21H,15H2,1-2H3/t20-,21+/m1/s1. The number of hydrogen-bond donors (Lipinski definition) is 0. The van der Waals surface area contributed by atoms with Gasteiger partial charge in [0.2, 0.25) is 0 Å². The van der Waals surface area contributed by atoms with E-state index in [2.05, 4.69) is 0 Å². The minimum atomic E-state index is -0.587. The normalized spacial score (nSPS) is 18.6. The third kappa shape index (κ3) is 2.99. The number of nitrogens with zero attached hydrogens (tertiary/aromatic N) is 2. The highest BCUT2D eigenvalue weighted by atomic mass is 16.5. The number of aromatic nitrogens is 1. The maximum absolute atomic E-state index is 13.5. The van der Waals surface area contributed by atoms with E-state index in [0.29, 0.717) is 12.1 Å². The molecular formula is C23H22N2O3. The second-order valence-corrected chi connectivity index (χ2v) is 7.00. The molecule has 0 unspecified atom stereocenters. The Labute approximate surface area is 164 Å². The van der Waals surface area contributed by atoms with E-state index < -0.39 is 12.0 Å². The predicted octanol–water partition coefficient (Wildman–Crippen LogP) is 3.68. The van der Waals surface area contributed by atoms with Crippen molar-refractivity contribution >= 4 is 11.9 Å². The number of amides is 1. The maximum atomic E-state index is 13.5. The summed E-state index contributed by atoms with van der Waals surface area (Å²) in [5.41, 5.74) is 3.18. The monoisotopic (exact) mass is 374 g/mol. The van der Waals surface area contributed by atoms with Gasteiger partial charge in [0.1, 0.15) is 5.92 Å². The highest BCUT2D eigenvalue weighted by Gasteiger charge is 2.45. The van der Waals surface area contributed by atoms with Crippen molar-refractivity contribution in [3.63, 3.8) is 0 Å². The van der Waals surface area contributed by atoms with Gasteiger partial charge in [0.15, 0.2) is 0 Å². The van der Waals surface area contributed by atoms with Crippen molar-refractivity contribution in [2.75, 3.05) is 7.11 Å². The molecule has 0 fully saturated rings. The van der Waals surface area contributed by atoms with Gasteiger partial charge in [-0.3, -0.25) is 9.59 Å².